The van der Waals surface area contributed by atoms with Crippen molar-refractivity contribution in [3.05, 3.63) is 12.2 Å². The molecule has 0 radical (unpaired) electrons. The Balaban J connectivity index is 1.84. The van der Waals surface area contributed by atoms with Gasteiger partial charge in [-0.25, -0.2) is 0 Å². The van der Waals surface area contributed by atoms with Crippen molar-refractivity contribution in [2.75, 3.05) is 13.1 Å². The van der Waals surface area contributed by atoms with Crippen molar-refractivity contribution in [3.63, 3.8) is 0 Å². The van der Waals surface area contributed by atoms with E-state index in [2.05, 4.69) is 14.7 Å². The molecule has 1 aromatic rings. The number of hydrogen-bond acceptors (Lipinski definition) is 5. The number of amides is 1. The van der Waals surface area contributed by atoms with Crippen LogP contribution in [0.3, 0.4) is 0 Å². The zero-order valence-corrected chi connectivity index (χ0v) is 7.72. The van der Waals surface area contributed by atoms with Crippen molar-refractivity contribution in [3.8, 4) is 0 Å². The number of carbonyl (C=O) groups is 1. The number of rotatable bonds is 3. The van der Waals surface area contributed by atoms with Crippen LogP contribution in [0.5, 0.6) is 0 Å². The molecule has 2 heterocycles. The summed E-state index contributed by atoms with van der Waals surface area (Å²) in [5.41, 5.74) is 5.58. The van der Waals surface area contributed by atoms with Gasteiger partial charge in [0, 0.05) is 19.5 Å². The predicted molar refractivity (Wildman–Crippen MR) is 47.2 cm³/mol. The third kappa shape index (κ3) is 1.74. The average molecular weight is 196 g/mol. The molecule has 1 aromatic heterocycles. The zero-order valence-electron chi connectivity index (χ0n) is 7.72. The average Bonchev–Trinajstić information content (AvgIpc) is 2.77. The molecule has 0 aromatic carbocycles. The first-order chi connectivity index (χ1) is 6.77. The van der Waals surface area contributed by atoms with Crippen LogP contribution in [0.15, 0.2) is 10.9 Å². The van der Waals surface area contributed by atoms with Gasteiger partial charge in [0.1, 0.15) is 0 Å². The van der Waals surface area contributed by atoms with Gasteiger partial charge in [0.05, 0.1) is 6.04 Å². The van der Waals surface area contributed by atoms with Gasteiger partial charge in [-0.3, -0.25) is 4.79 Å². The largest absolute Gasteiger partial charge is 0.343 e. The minimum Gasteiger partial charge on any atom is -0.343 e. The fraction of sp³-hybridized carbons (Fsp3) is 0.625. The molecule has 76 valence electrons. The predicted octanol–water partition coefficient (Wildman–Crippen LogP) is -0.828. The Morgan fingerprint density at radius 3 is 3.14 bits per heavy atom. The first-order valence-electron chi connectivity index (χ1n) is 4.57. The van der Waals surface area contributed by atoms with E-state index in [4.69, 9.17) is 5.73 Å². The smallest absolute Gasteiger partial charge is 0.239 e. The van der Waals surface area contributed by atoms with Crippen molar-refractivity contribution in [1.29, 1.82) is 0 Å². The molecule has 0 spiro atoms. The van der Waals surface area contributed by atoms with Crippen LogP contribution in [0, 0.1) is 0 Å². The summed E-state index contributed by atoms with van der Waals surface area (Å²) in [6, 6.07) is -0.319. The molecule has 2 rings (SSSR count). The van der Waals surface area contributed by atoms with Crippen LogP contribution < -0.4 is 5.73 Å². The Bertz CT molecular complexity index is 311. The van der Waals surface area contributed by atoms with Crippen LogP contribution in [0.1, 0.15) is 12.2 Å². The number of nitrogens with two attached hydrogens (primary N) is 1. The van der Waals surface area contributed by atoms with Gasteiger partial charge in [0.2, 0.25) is 12.3 Å². The van der Waals surface area contributed by atoms with Crippen LogP contribution in [0.2, 0.25) is 0 Å². The molecule has 1 saturated heterocycles. The van der Waals surface area contributed by atoms with E-state index in [-0.39, 0.29) is 11.9 Å². The Morgan fingerprint density at radius 2 is 2.57 bits per heavy atom. The first-order valence-corrected chi connectivity index (χ1v) is 4.57. The van der Waals surface area contributed by atoms with E-state index in [1.807, 2.05) is 0 Å². The van der Waals surface area contributed by atoms with Gasteiger partial charge in [0.15, 0.2) is 5.82 Å². The van der Waals surface area contributed by atoms with Gasteiger partial charge in [-0.1, -0.05) is 5.16 Å². The van der Waals surface area contributed by atoms with Gasteiger partial charge >= 0.3 is 0 Å². The lowest BCUT2D eigenvalue weighted by Gasteiger charge is -2.13. The van der Waals surface area contributed by atoms with E-state index in [0.717, 1.165) is 13.0 Å². The summed E-state index contributed by atoms with van der Waals surface area (Å²) < 4.78 is 4.59. The van der Waals surface area contributed by atoms with Crippen LogP contribution in [0.25, 0.3) is 0 Å². The van der Waals surface area contributed by atoms with Crippen LogP contribution in [-0.2, 0) is 11.2 Å². The maximum Gasteiger partial charge on any atom is 0.239 e. The first kappa shape index (κ1) is 9.14. The molecule has 2 N–H and O–H groups in total. The van der Waals surface area contributed by atoms with Gasteiger partial charge in [-0.15, -0.1) is 0 Å². The summed E-state index contributed by atoms with van der Waals surface area (Å²) in [6.45, 7) is 1.35. The molecule has 1 amide bonds. The van der Waals surface area contributed by atoms with E-state index in [9.17, 15) is 4.79 Å². The fourth-order valence-electron chi connectivity index (χ4n) is 1.52. The zero-order chi connectivity index (χ0) is 9.97. The molecule has 1 unspecified atom stereocenters. The Morgan fingerprint density at radius 1 is 1.71 bits per heavy atom. The number of aromatic nitrogens is 2. The lowest BCUT2D eigenvalue weighted by Crippen LogP contribution is -2.35. The molecule has 14 heavy (non-hydrogen) atoms. The Kier molecular flexibility index (Phi) is 2.45. The molecule has 1 atom stereocenters. The standard InChI is InChI=1S/C8H12N4O2/c9-6-1-3-12(8(6)13)4-2-7-10-5-14-11-7/h5-6H,1-4,9H2. The van der Waals surface area contributed by atoms with E-state index >= 15 is 0 Å². The Hall–Kier alpha value is -1.43. The molecule has 1 aliphatic heterocycles. The van der Waals surface area contributed by atoms with E-state index in [1.165, 1.54) is 6.39 Å². The SMILES string of the molecule is NC1CCN(CCc2ncon2)C1=O. The molecule has 0 saturated carbocycles. The molecule has 1 aliphatic rings. The molecule has 1 fully saturated rings. The van der Waals surface area contributed by atoms with Crippen molar-refractivity contribution >= 4 is 5.91 Å². The third-order valence-electron chi connectivity index (χ3n) is 2.35. The minimum atomic E-state index is -0.319. The van der Waals surface area contributed by atoms with Crippen molar-refractivity contribution < 1.29 is 9.32 Å². The molecular weight excluding hydrogens is 184 g/mol. The number of hydrogen-bond donors (Lipinski definition) is 1. The maximum atomic E-state index is 11.4. The van der Waals surface area contributed by atoms with E-state index in [0.29, 0.717) is 18.8 Å². The molecular formula is C8H12N4O2. The van der Waals surface area contributed by atoms with Gasteiger partial charge < -0.3 is 15.2 Å². The monoisotopic (exact) mass is 196 g/mol. The van der Waals surface area contributed by atoms with Crippen LogP contribution >= 0.6 is 0 Å². The van der Waals surface area contributed by atoms with Gasteiger partial charge in [0.25, 0.3) is 0 Å². The number of nitrogens with zero attached hydrogens (tertiary/aromatic N) is 3. The van der Waals surface area contributed by atoms with E-state index < -0.39 is 0 Å². The third-order valence-corrected chi connectivity index (χ3v) is 2.35. The molecule has 0 aliphatic carbocycles. The molecule has 6 nitrogen and oxygen atoms in total. The summed E-state index contributed by atoms with van der Waals surface area (Å²) in [7, 11) is 0. The lowest BCUT2D eigenvalue weighted by molar-refractivity contribution is -0.128. The second-order valence-electron chi connectivity index (χ2n) is 3.32. The number of carbonyl (C=O) groups excluding carboxylic acids is 1. The highest BCUT2D eigenvalue weighted by Gasteiger charge is 2.27. The highest BCUT2D eigenvalue weighted by Crippen LogP contribution is 2.09. The summed E-state index contributed by atoms with van der Waals surface area (Å²) >= 11 is 0. The second kappa shape index (κ2) is 3.75. The lowest BCUT2D eigenvalue weighted by atomic mass is 10.3. The normalized spacial score (nSPS) is 21.9. The van der Waals surface area contributed by atoms with Gasteiger partial charge in [-0.2, -0.15) is 4.98 Å². The minimum absolute atomic E-state index is 0.0218. The molecule has 6 heteroatoms. The fourth-order valence-corrected chi connectivity index (χ4v) is 1.52. The Labute approximate surface area is 81.1 Å². The van der Waals surface area contributed by atoms with Crippen molar-refractivity contribution in [2.45, 2.75) is 18.9 Å². The number of likely N-dealkylation sites (tertiary alicyclic amines) is 1. The quantitative estimate of drug-likeness (QED) is 0.682. The summed E-state index contributed by atoms with van der Waals surface area (Å²) in [4.78, 5) is 17.0. The topological polar surface area (TPSA) is 85.2 Å². The van der Waals surface area contributed by atoms with E-state index in [1.54, 1.807) is 4.90 Å². The maximum absolute atomic E-state index is 11.4. The highest BCUT2D eigenvalue weighted by atomic mass is 16.5. The van der Waals surface area contributed by atoms with Crippen LogP contribution in [-0.4, -0.2) is 40.1 Å². The summed E-state index contributed by atoms with van der Waals surface area (Å²) in [6.07, 6.45) is 2.65. The second-order valence-corrected chi connectivity index (χ2v) is 3.32. The molecule has 0 bridgehead atoms. The summed E-state index contributed by atoms with van der Waals surface area (Å²) in [5, 5.41) is 3.67. The van der Waals surface area contributed by atoms with Crippen molar-refractivity contribution in [2.24, 2.45) is 5.73 Å². The van der Waals surface area contributed by atoms with Gasteiger partial charge in [-0.05, 0) is 6.42 Å². The van der Waals surface area contributed by atoms with Crippen LogP contribution in [0.4, 0.5) is 0 Å². The summed E-state index contributed by atoms with van der Waals surface area (Å²) in [5.74, 6) is 0.645. The highest BCUT2D eigenvalue weighted by molar-refractivity contribution is 5.83. The van der Waals surface area contributed by atoms with Crippen molar-refractivity contribution in [1.82, 2.24) is 15.0 Å².